The number of amides is 1. The summed E-state index contributed by atoms with van der Waals surface area (Å²) in [5, 5.41) is 11.6. The highest BCUT2D eigenvalue weighted by molar-refractivity contribution is 7.99. The molecule has 0 aliphatic rings. The number of halogens is 3. The molecule has 156 valence electrons. The van der Waals surface area contributed by atoms with Crippen molar-refractivity contribution in [1.29, 1.82) is 0 Å². The monoisotopic (exact) mass is 432 g/mol. The smallest absolute Gasteiger partial charge is 0.325 e. The quantitative estimate of drug-likeness (QED) is 0.412. The zero-order valence-electron chi connectivity index (χ0n) is 16.1. The maximum Gasteiger partial charge on any atom is 0.416 e. The first-order valence-corrected chi connectivity index (χ1v) is 9.97. The van der Waals surface area contributed by atoms with Crippen LogP contribution >= 0.6 is 11.8 Å². The third-order valence-corrected chi connectivity index (χ3v) is 5.10. The van der Waals surface area contributed by atoms with E-state index in [2.05, 4.69) is 22.1 Å². The number of anilines is 1. The van der Waals surface area contributed by atoms with Gasteiger partial charge in [-0.25, -0.2) is 0 Å². The van der Waals surface area contributed by atoms with Crippen LogP contribution in [0.2, 0.25) is 0 Å². The van der Waals surface area contributed by atoms with E-state index >= 15 is 0 Å². The van der Waals surface area contributed by atoms with E-state index in [0.29, 0.717) is 23.2 Å². The van der Waals surface area contributed by atoms with Gasteiger partial charge in [0.25, 0.3) is 0 Å². The number of carbonyl (C=O) groups excluding carboxylic acids is 1. The molecule has 0 bridgehead atoms. The molecule has 3 aromatic rings. The fraction of sp³-hybridized carbons (Fsp3) is 0.190. The molecule has 2 aromatic carbocycles. The number of carbonyl (C=O) groups is 1. The van der Waals surface area contributed by atoms with E-state index in [0.717, 1.165) is 23.3 Å². The van der Waals surface area contributed by atoms with Crippen molar-refractivity contribution in [3.05, 3.63) is 72.3 Å². The summed E-state index contributed by atoms with van der Waals surface area (Å²) in [7, 11) is 0. The number of hydrogen-bond donors (Lipinski definition) is 1. The van der Waals surface area contributed by atoms with E-state index in [1.165, 1.54) is 23.9 Å². The molecular formula is C21H19F3N4OS. The number of hydrogen-bond acceptors (Lipinski definition) is 4. The molecule has 1 N–H and O–H groups in total. The fourth-order valence-electron chi connectivity index (χ4n) is 2.76. The molecule has 0 saturated heterocycles. The second-order valence-corrected chi connectivity index (χ2v) is 7.43. The van der Waals surface area contributed by atoms with Crippen LogP contribution < -0.4 is 5.32 Å². The Morgan fingerprint density at radius 1 is 1.20 bits per heavy atom. The van der Waals surface area contributed by atoms with Gasteiger partial charge in [0.2, 0.25) is 5.91 Å². The summed E-state index contributed by atoms with van der Waals surface area (Å²) in [6.45, 7) is 6.22. The van der Waals surface area contributed by atoms with E-state index in [9.17, 15) is 18.0 Å². The second-order valence-electron chi connectivity index (χ2n) is 6.49. The lowest BCUT2D eigenvalue weighted by molar-refractivity contribution is -0.137. The average Bonchev–Trinajstić information content (AvgIpc) is 3.09. The van der Waals surface area contributed by atoms with Crippen LogP contribution in [0.4, 0.5) is 18.9 Å². The molecule has 0 aliphatic carbocycles. The Labute approximate surface area is 176 Å². The molecule has 0 unspecified atom stereocenters. The van der Waals surface area contributed by atoms with Crippen LogP contribution in [0.5, 0.6) is 0 Å². The molecular weight excluding hydrogens is 413 g/mol. The number of aryl methyl sites for hydroxylation is 1. The summed E-state index contributed by atoms with van der Waals surface area (Å²) >= 11 is 1.19. The van der Waals surface area contributed by atoms with E-state index < -0.39 is 11.7 Å². The fourth-order valence-corrected chi connectivity index (χ4v) is 3.50. The Bertz CT molecular complexity index is 1050. The normalized spacial score (nSPS) is 11.3. The number of thioether (sulfide) groups is 1. The molecule has 0 radical (unpaired) electrons. The molecule has 5 nitrogen and oxygen atoms in total. The van der Waals surface area contributed by atoms with Gasteiger partial charge in [0.1, 0.15) is 0 Å². The Hall–Kier alpha value is -3.07. The molecule has 1 heterocycles. The summed E-state index contributed by atoms with van der Waals surface area (Å²) in [6.07, 6.45) is -2.70. The summed E-state index contributed by atoms with van der Waals surface area (Å²) in [4.78, 5) is 12.2. The van der Waals surface area contributed by atoms with Gasteiger partial charge in [0.15, 0.2) is 11.0 Å². The van der Waals surface area contributed by atoms with Crippen molar-refractivity contribution in [2.24, 2.45) is 0 Å². The SMILES string of the molecule is C=CCn1c(SCC(=O)Nc2ccc(C(F)(F)F)cc2)nnc1-c1cccc(C)c1. The van der Waals surface area contributed by atoms with Crippen LogP contribution in [-0.2, 0) is 17.5 Å². The van der Waals surface area contributed by atoms with Crippen molar-refractivity contribution in [2.45, 2.75) is 24.8 Å². The number of alkyl halides is 3. The van der Waals surface area contributed by atoms with Crippen molar-refractivity contribution in [3.63, 3.8) is 0 Å². The summed E-state index contributed by atoms with van der Waals surface area (Å²) in [5.74, 6) is 0.346. The van der Waals surface area contributed by atoms with Gasteiger partial charge in [-0.05, 0) is 37.3 Å². The zero-order valence-corrected chi connectivity index (χ0v) is 16.9. The van der Waals surface area contributed by atoms with E-state index in [-0.39, 0.29) is 11.7 Å². The second kappa shape index (κ2) is 9.17. The number of nitrogens with zero attached hydrogens (tertiary/aromatic N) is 3. The van der Waals surface area contributed by atoms with Crippen LogP contribution in [0.3, 0.4) is 0 Å². The van der Waals surface area contributed by atoms with Gasteiger partial charge in [-0.15, -0.1) is 16.8 Å². The topological polar surface area (TPSA) is 59.8 Å². The molecule has 0 spiro atoms. The largest absolute Gasteiger partial charge is 0.416 e. The average molecular weight is 432 g/mol. The highest BCUT2D eigenvalue weighted by atomic mass is 32.2. The minimum Gasteiger partial charge on any atom is -0.325 e. The maximum atomic E-state index is 12.6. The first kappa shape index (κ1) is 21.6. The minimum atomic E-state index is -4.41. The van der Waals surface area contributed by atoms with Crippen molar-refractivity contribution in [2.75, 3.05) is 11.1 Å². The van der Waals surface area contributed by atoms with Crippen molar-refractivity contribution < 1.29 is 18.0 Å². The number of benzene rings is 2. The van der Waals surface area contributed by atoms with E-state index in [4.69, 9.17) is 0 Å². The third-order valence-electron chi connectivity index (χ3n) is 4.13. The standard InChI is InChI=1S/C21H19F3N4OS/c1-3-11-28-19(15-6-4-5-14(2)12-15)26-27-20(28)30-13-18(29)25-17-9-7-16(8-10-17)21(22,23)24/h3-10,12H,1,11,13H2,2H3,(H,25,29). The minimum absolute atomic E-state index is 0.0319. The summed E-state index contributed by atoms with van der Waals surface area (Å²) in [6, 6.07) is 12.1. The highest BCUT2D eigenvalue weighted by Crippen LogP contribution is 2.30. The molecule has 0 fully saturated rings. The van der Waals surface area contributed by atoms with Gasteiger partial charge >= 0.3 is 6.18 Å². The number of nitrogens with one attached hydrogen (secondary N) is 1. The van der Waals surface area contributed by atoms with Crippen LogP contribution in [0.25, 0.3) is 11.4 Å². The lowest BCUT2D eigenvalue weighted by atomic mass is 10.1. The van der Waals surface area contributed by atoms with Gasteiger partial charge in [-0.1, -0.05) is 41.6 Å². The molecule has 9 heteroatoms. The Balaban J connectivity index is 1.68. The summed E-state index contributed by atoms with van der Waals surface area (Å²) in [5.41, 5.74) is 1.52. The number of allylic oxidation sites excluding steroid dienone is 1. The van der Waals surface area contributed by atoms with Crippen molar-refractivity contribution in [3.8, 4) is 11.4 Å². The Morgan fingerprint density at radius 3 is 2.57 bits per heavy atom. The Kier molecular flexibility index (Phi) is 6.61. The molecule has 30 heavy (non-hydrogen) atoms. The van der Waals surface area contributed by atoms with Crippen molar-refractivity contribution in [1.82, 2.24) is 14.8 Å². The van der Waals surface area contributed by atoms with Gasteiger partial charge in [-0.3, -0.25) is 9.36 Å². The van der Waals surface area contributed by atoms with Crippen LogP contribution in [0.1, 0.15) is 11.1 Å². The zero-order chi connectivity index (χ0) is 21.7. The van der Waals surface area contributed by atoms with Gasteiger partial charge in [-0.2, -0.15) is 13.2 Å². The predicted octanol–water partition coefficient (Wildman–Crippen LogP) is 5.19. The highest BCUT2D eigenvalue weighted by Gasteiger charge is 2.30. The van der Waals surface area contributed by atoms with Crippen LogP contribution in [0.15, 0.2) is 66.3 Å². The van der Waals surface area contributed by atoms with Crippen molar-refractivity contribution >= 4 is 23.4 Å². The van der Waals surface area contributed by atoms with E-state index in [1.807, 2.05) is 35.8 Å². The van der Waals surface area contributed by atoms with Crippen LogP contribution in [-0.4, -0.2) is 26.4 Å². The van der Waals surface area contributed by atoms with Gasteiger partial charge in [0, 0.05) is 17.8 Å². The summed E-state index contributed by atoms with van der Waals surface area (Å²) < 4.78 is 39.7. The maximum absolute atomic E-state index is 12.6. The van der Waals surface area contributed by atoms with Crippen LogP contribution in [0, 0.1) is 6.92 Å². The third kappa shape index (κ3) is 5.29. The molecule has 0 atom stereocenters. The van der Waals surface area contributed by atoms with Gasteiger partial charge in [0.05, 0.1) is 11.3 Å². The molecule has 3 rings (SSSR count). The number of rotatable bonds is 7. The lowest BCUT2D eigenvalue weighted by Gasteiger charge is -2.10. The lowest BCUT2D eigenvalue weighted by Crippen LogP contribution is -2.15. The van der Waals surface area contributed by atoms with E-state index in [1.54, 1.807) is 6.08 Å². The van der Waals surface area contributed by atoms with Gasteiger partial charge < -0.3 is 5.32 Å². The number of aromatic nitrogens is 3. The molecule has 0 aliphatic heterocycles. The molecule has 0 saturated carbocycles. The molecule has 1 amide bonds. The molecule has 1 aromatic heterocycles. The first-order chi connectivity index (χ1) is 14.3. The predicted molar refractivity (Wildman–Crippen MR) is 111 cm³/mol. The first-order valence-electron chi connectivity index (χ1n) is 8.99. The Morgan fingerprint density at radius 2 is 1.93 bits per heavy atom.